The molecule has 0 fully saturated rings. The number of alkyl halides is 4. The molecule has 0 bridgehead atoms. The van der Waals surface area contributed by atoms with Crippen LogP contribution in [0.5, 0.6) is 5.75 Å². The van der Waals surface area contributed by atoms with Crippen LogP contribution in [0, 0.1) is 0 Å². The third-order valence-corrected chi connectivity index (χ3v) is 2.13. The van der Waals surface area contributed by atoms with Gasteiger partial charge in [-0.05, 0) is 24.6 Å². The van der Waals surface area contributed by atoms with Gasteiger partial charge in [-0.2, -0.15) is 0 Å². The molecule has 1 aromatic rings. The SMILES string of the molecule is C=Cc1ccc(OCC(F)(F)CC(C)(F)F)cc1. The maximum absolute atomic E-state index is 13.1. The molecule has 1 rings (SSSR count). The molecular formula is C13H14F4O. The van der Waals surface area contributed by atoms with Crippen molar-refractivity contribution in [2.24, 2.45) is 0 Å². The van der Waals surface area contributed by atoms with Crippen LogP contribution in [0.4, 0.5) is 17.6 Å². The van der Waals surface area contributed by atoms with Gasteiger partial charge in [0.15, 0.2) is 6.61 Å². The molecule has 0 amide bonds. The molecule has 5 heteroatoms. The molecule has 0 radical (unpaired) electrons. The largest absolute Gasteiger partial charge is 0.487 e. The second-order valence-corrected chi connectivity index (χ2v) is 4.16. The summed E-state index contributed by atoms with van der Waals surface area (Å²) in [6, 6.07) is 6.23. The summed E-state index contributed by atoms with van der Waals surface area (Å²) >= 11 is 0. The van der Waals surface area contributed by atoms with Crippen LogP contribution >= 0.6 is 0 Å². The van der Waals surface area contributed by atoms with Crippen molar-refractivity contribution >= 4 is 6.08 Å². The minimum Gasteiger partial charge on any atom is -0.487 e. The van der Waals surface area contributed by atoms with Gasteiger partial charge in [-0.15, -0.1) is 0 Å². The standard InChI is InChI=1S/C13H14F4O/c1-3-10-4-6-11(7-5-10)18-9-13(16,17)8-12(2,14)15/h3-7H,1,8-9H2,2H3. The first-order valence-electron chi connectivity index (χ1n) is 5.33. The van der Waals surface area contributed by atoms with Gasteiger partial charge < -0.3 is 4.74 Å². The lowest BCUT2D eigenvalue weighted by atomic mass is 10.1. The topological polar surface area (TPSA) is 9.23 Å². The molecule has 0 spiro atoms. The first-order valence-corrected chi connectivity index (χ1v) is 5.33. The first-order chi connectivity index (χ1) is 8.22. The Labute approximate surface area is 103 Å². The van der Waals surface area contributed by atoms with Gasteiger partial charge in [0.25, 0.3) is 11.8 Å². The van der Waals surface area contributed by atoms with Crippen molar-refractivity contribution in [3.05, 3.63) is 36.4 Å². The van der Waals surface area contributed by atoms with Crippen LogP contribution in [0.25, 0.3) is 6.08 Å². The van der Waals surface area contributed by atoms with Crippen LogP contribution < -0.4 is 4.74 Å². The van der Waals surface area contributed by atoms with Crippen molar-refractivity contribution < 1.29 is 22.3 Å². The molecule has 18 heavy (non-hydrogen) atoms. The highest BCUT2D eigenvalue weighted by atomic mass is 19.3. The fourth-order valence-corrected chi connectivity index (χ4v) is 1.39. The number of ether oxygens (including phenoxy) is 1. The van der Waals surface area contributed by atoms with Crippen LogP contribution in [0.1, 0.15) is 18.9 Å². The van der Waals surface area contributed by atoms with E-state index >= 15 is 0 Å². The first kappa shape index (κ1) is 14.5. The number of hydrogen-bond donors (Lipinski definition) is 0. The summed E-state index contributed by atoms with van der Waals surface area (Å²) in [4.78, 5) is 0. The van der Waals surface area contributed by atoms with Crippen LogP contribution in [0.2, 0.25) is 0 Å². The van der Waals surface area contributed by atoms with Crippen LogP contribution in [0.3, 0.4) is 0 Å². The van der Waals surface area contributed by atoms with E-state index in [0.717, 1.165) is 5.56 Å². The average Bonchev–Trinajstić information content (AvgIpc) is 2.24. The lowest BCUT2D eigenvalue weighted by Gasteiger charge is -2.20. The lowest BCUT2D eigenvalue weighted by molar-refractivity contribution is -0.119. The van der Waals surface area contributed by atoms with E-state index in [9.17, 15) is 17.6 Å². The summed E-state index contributed by atoms with van der Waals surface area (Å²) in [5, 5.41) is 0. The molecule has 0 aliphatic rings. The second kappa shape index (κ2) is 5.42. The minimum atomic E-state index is -3.56. The fourth-order valence-electron chi connectivity index (χ4n) is 1.39. The van der Waals surface area contributed by atoms with Gasteiger partial charge in [0, 0.05) is 0 Å². The fraction of sp³-hybridized carbons (Fsp3) is 0.385. The minimum absolute atomic E-state index is 0.208. The molecule has 1 nitrogen and oxygen atoms in total. The Balaban J connectivity index is 2.55. The zero-order valence-corrected chi connectivity index (χ0v) is 9.93. The predicted octanol–water partition coefficient (Wildman–Crippen LogP) is 4.39. The van der Waals surface area contributed by atoms with Gasteiger partial charge in [0.2, 0.25) is 0 Å². The smallest absolute Gasteiger partial charge is 0.287 e. The summed E-state index contributed by atoms with van der Waals surface area (Å²) in [6.45, 7) is 2.93. The van der Waals surface area contributed by atoms with E-state index in [2.05, 4.69) is 6.58 Å². The van der Waals surface area contributed by atoms with Crippen molar-refractivity contribution in [2.75, 3.05) is 6.61 Å². The Bertz CT molecular complexity index is 392. The molecule has 0 N–H and O–H groups in total. The Hall–Kier alpha value is -1.52. The Morgan fingerprint density at radius 2 is 1.72 bits per heavy atom. The number of hydrogen-bond acceptors (Lipinski definition) is 1. The summed E-state index contributed by atoms with van der Waals surface area (Å²) < 4.78 is 56.0. The Morgan fingerprint density at radius 1 is 1.17 bits per heavy atom. The van der Waals surface area contributed by atoms with E-state index in [0.29, 0.717) is 6.92 Å². The second-order valence-electron chi connectivity index (χ2n) is 4.16. The van der Waals surface area contributed by atoms with Gasteiger partial charge in [0.05, 0.1) is 6.42 Å². The van der Waals surface area contributed by atoms with E-state index in [1.165, 1.54) is 12.1 Å². The molecular weight excluding hydrogens is 248 g/mol. The number of halogens is 4. The number of rotatable bonds is 6. The lowest BCUT2D eigenvalue weighted by Crippen LogP contribution is -2.32. The molecule has 0 saturated carbocycles. The van der Waals surface area contributed by atoms with Crippen molar-refractivity contribution in [3.63, 3.8) is 0 Å². The van der Waals surface area contributed by atoms with Crippen molar-refractivity contribution in [1.29, 1.82) is 0 Å². The van der Waals surface area contributed by atoms with E-state index in [4.69, 9.17) is 4.74 Å². The maximum Gasteiger partial charge on any atom is 0.287 e. The van der Waals surface area contributed by atoms with Crippen molar-refractivity contribution in [1.82, 2.24) is 0 Å². The third-order valence-electron chi connectivity index (χ3n) is 2.13. The third kappa shape index (κ3) is 5.21. The molecule has 0 aromatic heterocycles. The zero-order chi connectivity index (χ0) is 13.8. The maximum atomic E-state index is 13.1. The van der Waals surface area contributed by atoms with Crippen LogP contribution in [-0.4, -0.2) is 18.5 Å². The molecule has 1 aromatic carbocycles. The highest BCUT2D eigenvalue weighted by Gasteiger charge is 2.40. The Morgan fingerprint density at radius 3 is 2.17 bits per heavy atom. The van der Waals surface area contributed by atoms with Gasteiger partial charge in [-0.1, -0.05) is 24.8 Å². The molecule has 0 heterocycles. The number of benzene rings is 1. The molecule has 0 aliphatic heterocycles. The summed E-state index contributed by atoms with van der Waals surface area (Å²) in [5.74, 6) is -6.77. The van der Waals surface area contributed by atoms with Crippen LogP contribution in [-0.2, 0) is 0 Å². The highest BCUT2D eigenvalue weighted by molar-refractivity contribution is 5.48. The quantitative estimate of drug-likeness (QED) is 0.691. The summed E-state index contributed by atoms with van der Waals surface area (Å²) in [6.07, 6.45) is 0.0702. The molecule has 100 valence electrons. The summed E-state index contributed by atoms with van der Waals surface area (Å²) in [5.41, 5.74) is 0.814. The van der Waals surface area contributed by atoms with Crippen molar-refractivity contribution in [3.8, 4) is 5.75 Å². The van der Waals surface area contributed by atoms with E-state index in [-0.39, 0.29) is 5.75 Å². The molecule has 0 saturated heterocycles. The summed E-state index contributed by atoms with van der Waals surface area (Å²) in [7, 11) is 0. The van der Waals surface area contributed by atoms with Gasteiger partial charge in [-0.25, -0.2) is 17.6 Å². The van der Waals surface area contributed by atoms with E-state index in [1.807, 2.05) is 0 Å². The van der Waals surface area contributed by atoms with Crippen LogP contribution in [0.15, 0.2) is 30.8 Å². The molecule has 0 atom stereocenters. The van der Waals surface area contributed by atoms with E-state index < -0.39 is 24.9 Å². The Kier molecular flexibility index (Phi) is 4.38. The van der Waals surface area contributed by atoms with Gasteiger partial charge in [0.1, 0.15) is 5.75 Å². The van der Waals surface area contributed by atoms with Gasteiger partial charge >= 0.3 is 0 Å². The predicted molar refractivity (Wildman–Crippen MR) is 62.2 cm³/mol. The monoisotopic (exact) mass is 262 g/mol. The average molecular weight is 262 g/mol. The molecule has 0 aliphatic carbocycles. The van der Waals surface area contributed by atoms with Crippen molar-refractivity contribution in [2.45, 2.75) is 25.2 Å². The van der Waals surface area contributed by atoms with Gasteiger partial charge in [-0.3, -0.25) is 0 Å². The molecule has 0 unspecified atom stereocenters. The normalized spacial score (nSPS) is 12.3. The van der Waals surface area contributed by atoms with E-state index in [1.54, 1.807) is 18.2 Å². The zero-order valence-electron chi connectivity index (χ0n) is 9.93. The highest BCUT2D eigenvalue weighted by Crippen LogP contribution is 2.30.